The molecule has 3 rings (SSSR count). The van der Waals surface area contributed by atoms with E-state index in [1.807, 2.05) is 54.6 Å². The third-order valence-corrected chi connectivity index (χ3v) is 5.18. The molecule has 0 fully saturated rings. The van der Waals surface area contributed by atoms with Gasteiger partial charge in [-0.25, -0.2) is 4.98 Å². The van der Waals surface area contributed by atoms with E-state index in [1.165, 1.54) is 0 Å². The Morgan fingerprint density at radius 1 is 1.23 bits per heavy atom. The number of aromatic nitrogens is 1. The Balaban J connectivity index is 2.00. The van der Waals surface area contributed by atoms with Gasteiger partial charge >= 0.3 is 5.97 Å². The summed E-state index contributed by atoms with van der Waals surface area (Å²) in [5.74, 6) is 0.379. The molecule has 6 heteroatoms. The standard InChI is InChI=1S/C20H20N2O3S/c1-25-15-7-8-17-16(10-15)19(26-12-14(21)9-20(23)24)11-18(22-17)13-5-3-2-4-6-13/h2-8,10-11,14H,9,12,21H2,1H3,(H,23,24). The highest BCUT2D eigenvalue weighted by Gasteiger charge is 2.13. The van der Waals surface area contributed by atoms with E-state index >= 15 is 0 Å². The van der Waals surface area contributed by atoms with Crippen LogP contribution >= 0.6 is 11.8 Å². The first kappa shape index (κ1) is 18.2. The highest BCUT2D eigenvalue weighted by molar-refractivity contribution is 7.99. The SMILES string of the molecule is COc1ccc2nc(-c3ccccc3)cc(SCC(N)CC(=O)O)c2c1. The summed E-state index contributed by atoms with van der Waals surface area (Å²) >= 11 is 1.54. The Morgan fingerprint density at radius 2 is 2.00 bits per heavy atom. The Kier molecular flexibility index (Phi) is 5.75. The number of fused-ring (bicyclic) bond motifs is 1. The molecule has 0 aliphatic carbocycles. The number of benzene rings is 2. The fourth-order valence-corrected chi connectivity index (χ4v) is 3.68. The van der Waals surface area contributed by atoms with Gasteiger partial charge in [-0.3, -0.25) is 4.79 Å². The van der Waals surface area contributed by atoms with Gasteiger partial charge in [0, 0.05) is 27.6 Å². The second-order valence-corrected chi connectivity index (χ2v) is 6.99. The number of hydrogen-bond acceptors (Lipinski definition) is 5. The average Bonchev–Trinajstić information content (AvgIpc) is 2.65. The van der Waals surface area contributed by atoms with E-state index in [1.54, 1.807) is 18.9 Å². The van der Waals surface area contributed by atoms with Gasteiger partial charge in [0.15, 0.2) is 0 Å². The zero-order chi connectivity index (χ0) is 18.5. The number of ether oxygens (including phenoxy) is 1. The molecular formula is C20H20N2O3S. The molecule has 0 amide bonds. The van der Waals surface area contributed by atoms with E-state index in [4.69, 9.17) is 20.6 Å². The minimum absolute atomic E-state index is 0.0507. The summed E-state index contributed by atoms with van der Waals surface area (Å²) in [5, 5.41) is 9.87. The number of nitrogens with zero attached hydrogens (tertiary/aromatic N) is 1. The van der Waals surface area contributed by atoms with E-state index < -0.39 is 12.0 Å². The molecule has 5 nitrogen and oxygen atoms in total. The van der Waals surface area contributed by atoms with Gasteiger partial charge in [-0.05, 0) is 24.3 Å². The second-order valence-electron chi connectivity index (χ2n) is 5.92. The molecule has 1 aromatic heterocycles. The molecule has 1 atom stereocenters. The van der Waals surface area contributed by atoms with Gasteiger partial charge in [-0.1, -0.05) is 30.3 Å². The average molecular weight is 368 g/mol. The van der Waals surface area contributed by atoms with Crippen molar-refractivity contribution in [1.29, 1.82) is 0 Å². The lowest BCUT2D eigenvalue weighted by Gasteiger charge is -2.13. The van der Waals surface area contributed by atoms with Crippen LogP contribution in [0.15, 0.2) is 59.5 Å². The van der Waals surface area contributed by atoms with E-state index in [2.05, 4.69) is 0 Å². The molecule has 0 aliphatic heterocycles. The molecule has 26 heavy (non-hydrogen) atoms. The third-order valence-electron chi connectivity index (χ3n) is 3.94. The van der Waals surface area contributed by atoms with E-state index in [-0.39, 0.29) is 6.42 Å². The lowest BCUT2D eigenvalue weighted by Crippen LogP contribution is -2.26. The molecule has 0 aliphatic rings. The molecule has 0 saturated heterocycles. The molecule has 0 radical (unpaired) electrons. The van der Waals surface area contributed by atoms with Crippen molar-refractivity contribution in [1.82, 2.24) is 4.98 Å². The minimum Gasteiger partial charge on any atom is -0.497 e. The summed E-state index contributed by atoms with van der Waals surface area (Å²) < 4.78 is 5.33. The van der Waals surface area contributed by atoms with Crippen molar-refractivity contribution in [3.05, 3.63) is 54.6 Å². The fourth-order valence-electron chi connectivity index (χ4n) is 2.66. The van der Waals surface area contributed by atoms with Crippen LogP contribution in [0.25, 0.3) is 22.2 Å². The van der Waals surface area contributed by atoms with Gasteiger partial charge < -0.3 is 15.6 Å². The van der Waals surface area contributed by atoms with Gasteiger partial charge in [0.1, 0.15) is 5.75 Å². The molecule has 2 aromatic carbocycles. The number of rotatable bonds is 7. The minimum atomic E-state index is -0.885. The van der Waals surface area contributed by atoms with Crippen molar-refractivity contribution in [2.75, 3.05) is 12.9 Å². The van der Waals surface area contributed by atoms with Crippen LogP contribution in [-0.2, 0) is 4.79 Å². The third kappa shape index (κ3) is 4.33. The number of pyridine rings is 1. The first-order valence-electron chi connectivity index (χ1n) is 8.21. The molecule has 3 N–H and O–H groups in total. The Morgan fingerprint density at radius 3 is 2.69 bits per heavy atom. The zero-order valence-electron chi connectivity index (χ0n) is 14.4. The summed E-state index contributed by atoms with van der Waals surface area (Å²) in [4.78, 5) is 16.6. The molecule has 0 spiro atoms. The van der Waals surface area contributed by atoms with Gasteiger partial charge in [-0.2, -0.15) is 0 Å². The Labute approximate surface area is 156 Å². The largest absolute Gasteiger partial charge is 0.497 e. The van der Waals surface area contributed by atoms with Crippen LogP contribution in [0.1, 0.15) is 6.42 Å². The molecule has 3 aromatic rings. The van der Waals surface area contributed by atoms with Gasteiger partial charge in [0.2, 0.25) is 0 Å². The molecule has 134 valence electrons. The van der Waals surface area contributed by atoms with Crippen LogP contribution in [0.2, 0.25) is 0 Å². The highest BCUT2D eigenvalue weighted by atomic mass is 32.2. The fraction of sp³-hybridized carbons (Fsp3) is 0.200. The first-order chi connectivity index (χ1) is 12.6. The van der Waals surface area contributed by atoms with Gasteiger partial charge in [0.25, 0.3) is 0 Å². The van der Waals surface area contributed by atoms with Crippen LogP contribution in [-0.4, -0.2) is 35.0 Å². The van der Waals surface area contributed by atoms with E-state index in [9.17, 15) is 4.79 Å². The maximum atomic E-state index is 10.8. The summed E-state index contributed by atoms with van der Waals surface area (Å²) in [6.45, 7) is 0. The summed E-state index contributed by atoms with van der Waals surface area (Å²) in [7, 11) is 1.63. The molecular weight excluding hydrogens is 348 g/mol. The number of carboxylic acid groups (broad SMARTS) is 1. The van der Waals surface area contributed by atoms with Crippen molar-refractivity contribution in [3.63, 3.8) is 0 Å². The van der Waals surface area contributed by atoms with Crippen LogP contribution in [0.4, 0.5) is 0 Å². The van der Waals surface area contributed by atoms with Crippen molar-refractivity contribution in [2.45, 2.75) is 17.4 Å². The number of methoxy groups -OCH3 is 1. The number of aliphatic carboxylic acids is 1. The number of hydrogen-bond donors (Lipinski definition) is 2. The van der Waals surface area contributed by atoms with Crippen LogP contribution in [0.3, 0.4) is 0 Å². The maximum absolute atomic E-state index is 10.8. The number of carbonyl (C=O) groups is 1. The van der Waals surface area contributed by atoms with Crippen LogP contribution in [0, 0.1) is 0 Å². The van der Waals surface area contributed by atoms with Gasteiger partial charge in [0.05, 0.1) is 24.7 Å². The number of nitrogens with two attached hydrogens (primary N) is 1. The topological polar surface area (TPSA) is 85.4 Å². The van der Waals surface area contributed by atoms with Crippen molar-refractivity contribution >= 4 is 28.6 Å². The maximum Gasteiger partial charge on any atom is 0.304 e. The lowest BCUT2D eigenvalue weighted by molar-refractivity contribution is -0.137. The van der Waals surface area contributed by atoms with Crippen LogP contribution in [0.5, 0.6) is 5.75 Å². The summed E-state index contributed by atoms with van der Waals surface area (Å²) in [5.41, 5.74) is 8.69. The highest BCUT2D eigenvalue weighted by Crippen LogP contribution is 2.33. The van der Waals surface area contributed by atoms with E-state index in [0.29, 0.717) is 5.75 Å². The van der Waals surface area contributed by atoms with Gasteiger partial charge in [-0.15, -0.1) is 11.8 Å². The monoisotopic (exact) mass is 368 g/mol. The normalized spacial score (nSPS) is 12.1. The van der Waals surface area contributed by atoms with Crippen molar-refractivity contribution in [2.24, 2.45) is 5.73 Å². The van der Waals surface area contributed by atoms with Crippen molar-refractivity contribution < 1.29 is 14.6 Å². The molecule has 1 heterocycles. The second kappa shape index (κ2) is 8.21. The number of thioether (sulfide) groups is 1. The number of carboxylic acids is 1. The smallest absolute Gasteiger partial charge is 0.304 e. The quantitative estimate of drug-likeness (QED) is 0.617. The molecule has 1 unspecified atom stereocenters. The van der Waals surface area contributed by atoms with Crippen molar-refractivity contribution in [3.8, 4) is 17.0 Å². The zero-order valence-corrected chi connectivity index (χ0v) is 15.2. The molecule has 0 saturated carbocycles. The van der Waals surface area contributed by atoms with E-state index in [0.717, 1.165) is 32.8 Å². The summed E-state index contributed by atoms with van der Waals surface area (Å²) in [6.07, 6.45) is -0.0507. The lowest BCUT2D eigenvalue weighted by atomic mass is 10.1. The first-order valence-corrected chi connectivity index (χ1v) is 9.20. The Bertz CT molecular complexity index is 916. The van der Waals surface area contributed by atoms with Crippen LogP contribution < -0.4 is 10.5 Å². The Hall–Kier alpha value is -2.57. The predicted molar refractivity (Wildman–Crippen MR) is 105 cm³/mol. The summed E-state index contributed by atoms with van der Waals surface area (Å²) in [6, 6.07) is 17.3. The predicted octanol–water partition coefficient (Wildman–Crippen LogP) is 3.80. The molecule has 0 bridgehead atoms.